The van der Waals surface area contributed by atoms with Gasteiger partial charge in [-0.1, -0.05) is 20.8 Å². The van der Waals surface area contributed by atoms with E-state index in [0.29, 0.717) is 18.7 Å². The Labute approximate surface area is 125 Å². The number of hydrogen-bond donors (Lipinski definition) is 2. The van der Waals surface area contributed by atoms with Gasteiger partial charge in [0.05, 0.1) is 11.9 Å². The first-order valence-electron chi connectivity index (χ1n) is 7.39. The number of aromatic nitrogens is 1. The first-order chi connectivity index (χ1) is 10.00. The van der Waals surface area contributed by atoms with Gasteiger partial charge in [-0.15, -0.1) is 0 Å². The first-order valence-corrected chi connectivity index (χ1v) is 7.39. The van der Waals surface area contributed by atoms with Crippen molar-refractivity contribution in [1.82, 2.24) is 15.2 Å². The lowest BCUT2D eigenvalue weighted by Crippen LogP contribution is -2.54. The largest absolute Gasteiger partial charge is 0.368 e. The van der Waals surface area contributed by atoms with Crippen LogP contribution in [-0.2, 0) is 10.3 Å². The highest BCUT2D eigenvalue weighted by atomic mass is 19.1. The van der Waals surface area contributed by atoms with Crippen LogP contribution in [-0.4, -0.2) is 42.0 Å². The predicted molar refractivity (Wildman–Crippen MR) is 81.1 cm³/mol. The Kier molecular flexibility index (Phi) is 6.71. The van der Waals surface area contributed by atoms with Crippen molar-refractivity contribution in [2.24, 2.45) is 5.73 Å². The molecule has 0 aliphatic carbocycles. The molecular formula is C15H25FN4O. The smallest absolute Gasteiger partial charge is 0.243 e. The molecule has 0 aliphatic heterocycles. The number of pyridine rings is 1. The molecule has 118 valence electrons. The third-order valence-corrected chi connectivity index (χ3v) is 3.86. The first kappa shape index (κ1) is 17.5. The van der Waals surface area contributed by atoms with Gasteiger partial charge < -0.3 is 10.6 Å². The molecule has 0 saturated carbocycles. The van der Waals surface area contributed by atoms with Crippen LogP contribution in [0.15, 0.2) is 18.3 Å². The monoisotopic (exact) mass is 296 g/mol. The maximum Gasteiger partial charge on any atom is 0.243 e. The molecule has 3 N–H and O–H groups in total. The molecule has 1 rings (SSSR count). The summed E-state index contributed by atoms with van der Waals surface area (Å²) in [4.78, 5) is 18.2. The van der Waals surface area contributed by atoms with E-state index in [4.69, 9.17) is 5.73 Å². The number of rotatable bonds is 9. The van der Waals surface area contributed by atoms with Crippen molar-refractivity contribution in [3.05, 3.63) is 29.8 Å². The second-order valence-corrected chi connectivity index (χ2v) is 4.94. The fraction of sp³-hybridized carbons (Fsp3) is 0.600. The number of nitrogens with two attached hydrogens (primary N) is 1. The summed E-state index contributed by atoms with van der Waals surface area (Å²) < 4.78 is 13.0. The lowest BCUT2D eigenvalue weighted by atomic mass is 9.90. The third kappa shape index (κ3) is 4.22. The molecule has 1 atom stereocenters. The summed E-state index contributed by atoms with van der Waals surface area (Å²) in [5.41, 5.74) is 4.99. The van der Waals surface area contributed by atoms with Crippen LogP contribution in [0.5, 0.6) is 0 Å². The van der Waals surface area contributed by atoms with Crippen molar-refractivity contribution >= 4 is 5.91 Å². The molecule has 0 radical (unpaired) electrons. The molecule has 21 heavy (non-hydrogen) atoms. The Balaban J connectivity index is 2.89. The number of primary amides is 1. The summed E-state index contributed by atoms with van der Waals surface area (Å²) in [5, 5.41) is 3.22. The fourth-order valence-corrected chi connectivity index (χ4v) is 2.38. The van der Waals surface area contributed by atoms with Crippen LogP contribution in [0.1, 0.15) is 32.9 Å². The third-order valence-electron chi connectivity index (χ3n) is 3.86. The van der Waals surface area contributed by atoms with Crippen LogP contribution in [0.25, 0.3) is 0 Å². The number of carbonyl (C=O) groups is 1. The van der Waals surface area contributed by atoms with Gasteiger partial charge in [0, 0.05) is 13.1 Å². The summed E-state index contributed by atoms with van der Waals surface area (Å²) in [7, 11) is 0. The molecule has 1 unspecified atom stereocenters. The van der Waals surface area contributed by atoms with Crippen molar-refractivity contribution in [1.29, 1.82) is 0 Å². The Bertz CT molecular complexity index is 447. The van der Waals surface area contributed by atoms with Crippen LogP contribution in [0.4, 0.5) is 4.39 Å². The summed E-state index contributed by atoms with van der Waals surface area (Å²) in [5.74, 6) is -0.931. The zero-order chi connectivity index (χ0) is 15.9. The predicted octanol–water partition coefficient (Wildman–Crippen LogP) is 1.24. The van der Waals surface area contributed by atoms with Gasteiger partial charge in [0.25, 0.3) is 0 Å². The number of amides is 1. The van der Waals surface area contributed by atoms with Crippen LogP contribution < -0.4 is 11.1 Å². The van der Waals surface area contributed by atoms with Crippen LogP contribution in [0, 0.1) is 5.82 Å². The van der Waals surface area contributed by atoms with Gasteiger partial charge in [0.1, 0.15) is 11.4 Å². The quantitative estimate of drug-likeness (QED) is 0.719. The van der Waals surface area contributed by atoms with Gasteiger partial charge in [-0.25, -0.2) is 4.39 Å². The maximum absolute atomic E-state index is 13.0. The van der Waals surface area contributed by atoms with Crippen molar-refractivity contribution in [3.63, 3.8) is 0 Å². The van der Waals surface area contributed by atoms with Crippen molar-refractivity contribution in [3.8, 4) is 0 Å². The van der Waals surface area contributed by atoms with E-state index in [1.54, 1.807) is 0 Å². The van der Waals surface area contributed by atoms with Gasteiger partial charge in [-0.2, -0.15) is 0 Å². The van der Waals surface area contributed by atoms with Crippen LogP contribution >= 0.6 is 0 Å². The zero-order valence-corrected chi connectivity index (χ0v) is 13.0. The standard InChI is InChI=1S/C15H25FN4O/c1-4-15(14(17)21,13-8-7-12(16)11-18-13)19-9-10-20(5-2)6-3/h7-8,11,19H,4-6,9-10H2,1-3H3,(H2,17,21). The molecule has 0 aliphatic rings. The molecule has 0 aromatic carbocycles. The van der Waals surface area contributed by atoms with E-state index < -0.39 is 17.3 Å². The highest BCUT2D eigenvalue weighted by molar-refractivity contribution is 5.85. The SMILES string of the molecule is CCN(CC)CCNC(CC)(C(N)=O)c1ccc(F)cn1. The zero-order valence-electron chi connectivity index (χ0n) is 13.0. The topological polar surface area (TPSA) is 71.2 Å². The Morgan fingerprint density at radius 3 is 2.48 bits per heavy atom. The second kappa shape index (κ2) is 8.05. The van der Waals surface area contributed by atoms with E-state index in [9.17, 15) is 9.18 Å². The normalized spacial score (nSPS) is 14.1. The van der Waals surface area contributed by atoms with Gasteiger partial charge in [-0.3, -0.25) is 15.1 Å². The minimum absolute atomic E-state index is 0.434. The van der Waals surface area contributed by atoms with Gasteiger partial charge in [0.15, 0.2) is 0 Å². The van der Waals surface area contributed by atoms with E-state index in [1.165, 1.54) is 12.1 Å². The Morgan fingerprint density at radius 2 is 2.05 bits per heavy atom. The average Bonchev–Trinajstić information content (AvgIpc) is 2.49. The maximum atomic E-state index is 13.0. The molecule has 1 aromatic rings. The van der Waals surface area contributed by atoms with E-state index in [0.717, 1.165) is 25.8 Å². The number of nitrogens with zero attached hydrogens (tertiary/aromatic N) is 2. The van der Waals surface area contributed by atoms with E-state index in [1.807, 2.05) is 6.92 Å². The van der Waals surface area contributed by atoms with Crippen LogP contribution in [0.3, 0.4) is 0 Å². The average molecular weight is 296 g/mol. The molecule has 6 heteroatoms. The van der Waals surface area contributed by atoms with Gasteiger partial charge in [0.2, 0.25) is 5.91 Å². The van der Waals surface area contributed by atoms with Crippen molar-refractivity contribution in [2.45, 2.75) is 32.7 Å². The fourth-order valence-electron chi connectivity index (χ4n) is 2.38. The second-order valence-electron chi connectivity index (χ2n) is 4.94. The van der Waals surface area contributed by atoms with E-state index in [2.05, 4.69) is 29.0 Å². The molecule has 0 bridgehead atoms. The molecule has 0 spiro atoms. The Hall–Kier alpha value is -1.53. The number of nitrogens with one attached hydrogen (secondary N) is 1. The number of halogens is 1. The molecule has 0 saturated heterocycles. The lowest BCUT2D eigenvalue weighted by molar-refractivity contribution is -0.125. The van der Waals surface area contributed by atoms with Crippen molar-refractivity contribution in [2.75, 3.05) is 26.2 Å². The summed E-state index contributed by atoms with van der Waals surface area (Å²) in [6.07, 6.45) is 1.56. The molecule has 5 nitrogen and oxygen atoms in total. The minimum Gasteiger partial charge on any atom is -0.368 e. The number of likely N-dealkylation sites (N-methyl/N-ethyl adjacent to an activating group) is 1. The minimum atomic E-state index is -1.05. The molecule has 0 fully saturated rings. The molecule has 1 heterocycles. The highest BCUT2D eigenvalue weighted by Crippen LogP contribution is 2.23. The summed E-state index contributed by atoms with van der Waals surface area (Å²) in [6.45, 7) is 9.35. The van der Waals surface area contributed by atoms with Gasteiger partial charge in [-0.05, 0) is 31.6 Å². The van der Waals surface area contributed by atoms with E-state index in [-0.39, 0.29) is 0 Å². The lowest BCUT2D eigenvalue weighted by Gasteiger charge is -2.31. The molecule has 1 aromatic heterocycles. The van der Waals surface area contributed by atoms with Crippen molar-refractivity contribution < 1.29 is 9.18 Å². The summed E-state index contributed by atoms with van der Waals surface area (Å²) in [6, 6.07) is 2.80. The number of carbonyl (C=O) groups excluding carboxylic acids is 1. The summed E-state index contributed by atoms with van der Waals surface area (Å²) >= 11 is 0. The molecular weight excluding hydrogens is 271 g/mol. The highest BCUT2D eigenvalue weighted by Gasteiger charge is 2.37. The number of hydrogen-bond acceptors (Lipinski definition) is 4. The van der Waals surface area contributed by atoms with Crippen LogP contribution in [0.2, 0.25) is 0 Å². The molecule has 1 amide bonds. The van der Waals surface area contributed by atoms with E-state index >= 15 is 0 Å². The Morgan fingerprint density at radius 1 is 1.38 bits per heavy atom. The van der Waals surface area contributed by atoms with Gasteiger partial charge >= 0.3 is 0 Å².